The van der Waals surface area contributed by atoms with Gasteiger partial charge >= 0.3 is 0 Å². The highest BCUT2D eigenvalue weighted by Gasteiger charge is 2.59. The maximum Gasteiger partial charge on any atom is 0.178 e. The van der Waals surface area contributed by atoms with Gasteiger partial charge in [-0.15, -0.1) is 12.3 Å². The third-order valence-electron chi connectivity index (χ3n) is 8.19. The molecule has 2 saturated carbocycles. The summed E-state index contributed by atoms with van der Waals surface area (Å²) in [6.45, 7) is 4.49. The van der Waals surface area contributed by atoms with Crippen LogP contribution in [0.1, 0.15) is 65.2 Å². The van der Waals surface area contributed by atoms with Crippen LogP contribution in [-0.4, -0.2) is 11.6 Å². The second kappa shape index (κ2) is 5.84. The number of fused-ring (bicyclic) bond motifs is 5. The van der Waals surface area contributed by atoms with Gasteiger partial charge in [0.1, 0.15) is 5.78 Å². The maximum atomic E-state index is 12.7. The van der Waals surface area contributed by atoms with Gasteiger partial charge in [-0.2, -0.15) is 0 Å². The fourth-order valence-corrected chi connectivity index (χ4v) is 6.61. The van der Waals surface area contributed by atoms with E-state index in [0.717, 1.165) is 37.7 Å². The Kier molecular flexibility index (Phi) is 3.95. The maximum absolute atomic E-state index is 12.7. The first-order valence-electron chi connectivity index (χ1n) is 10.0. The van der Waals surface area contributed by atoms with Crippen molar-refractivity contribution in [3.63, 3.8) is 0 Å². The predicted molar refractivity (Wildman–Crippen MR) is 102 cm³/mol. The summed E-state index contributed by atoms with van der Waals surface area (Å²) in [5.74, 6) is 4.58. The molecule has 0 radical (unpaired) electrons. The van der Waals surface area contributed by atoms with Crippen LogP contribution in [0.25, 0.3) is 0 Å². The number of ketones is 2. The van der Waals surface area contributed by atoms with Crippen molar-refractivity contribution in [2.45, 2.75) is 65.2 Å². The van der Waals surface area contributed by atoms with Crippen molar-refractivity contribution in [1.29, 1.82) is 0 Å². The smallest absolute Gasteiger partial charge is 0.178 e. The average molecular weight is 351 g/mol. The number of hydrogen-bond acceptors (Lipinski definition) is 3. The lowest BCUT2D eigenvalue weighted by molar-refractivity contribution is -0.130. The molecule has 3 heteroatoms. The van der Waals surface area contributed by atoms with E-state index in [1.165, 1.54) is 5.57 Å². The number of hydrogen-bond donors (Lipinski definition) is 1. The summed E-state index contributed by atoms with van der Waals surface area (Å²) in [7, 11) is 0. The van der Waals surface area contributed by atoms with Crippen LogP contribution in [0.3, 0.4) is 0 Å². The Morgan fingerprint density at radius 2 is 1.88 bits per heavy atom. The number of terminal acetylenes is 1. The quantitative estimate of drug-likeness (QED) is 0.767. The van der Waals surface area contributed by atoms with Crippen molar-refractivity contribution < 1.29 is 9.59 Å². The molecule has 0 aliphatic heterocycles. The van der Waals surface area contributed by atoms with Crippen LogP contribution in [0.4, 0.5) is 0 Å². The molecule has 2 fully saturated rings. The molecule has 0 aromatic rings. The number of Topliss-reactive ketones (excluding diaryl/α,β-unsaturated/α-hetero) is 2. The van der Waals surface area contributed by atoms with Gasteiger partial charge in [0.15, 0.2) is 5.78 Å². The Balaban J connectivity index is 1.86. The largest absolute Gasteiger partial charge is 0.396 e. The number of nitrogens with two attached hydrogens (primary N) is 1. The zero-order valence-corrected chi connectivity index (χ0v) is 15.9. The van der Waals surface area contributed by atoms with Gasteiger partial charge in [0.25, 0.3) is 0 Å². The number of carbonyl (C=O) groups is 2. The van der Waals surface area contributed by atoms with Crippen LogP contribution in [0.2, 0.25) is 0 Å². The summed E-state index contributed by atoms with van der Waals surface area (Å²) in [5.41, 5.74) is 8.91. The van der Waals surface area contributed by atoms with Crippen molar-refractivity contribution in [3.8, 4) is 12.3 Å². The summed E-state index contributed by atoms with van der Waals surface area (Å²) >= 11 is 0. The molecule has 3 nitrogen and oxygen atoms in total. The molecule has 5 atom stereocenters. The molecule has 4 aliphatic rings. The Labute approximate surface area is 156 Å². The fourth-order valence-electron chi connectivity index (χ4n) is 6.61. The van der Waals surface area contributed by atoms with Gasteiger partial charge in [-0.1, -0.05) is 25.5 Å². The summed E-state index contributed by atoms with van der Waals surface area (Å²) in [6, 6.07) is 0. The van der Waals surface area contributed by atoms with E-state index in [1.54, 1.807) is 0 Å². The van der Waals surface area contributed by atoms with Gasteiger partial charge < -0.3 is 5.73 Å². The van der Waals surface area contributed by atoms with E-state index in [1.807, 2.05) is 0 Å². The normalized spacial score (nSPS) is 41.9. The molecule has 0 saturated heterocycles. The second-order valence-corrected chi connectivity index (χ2v) is 9.25. The van der Waals surface area contributed by atoms with E-state index in [9.17, 15) is 9.59 Å². The molecule has 0 unspecified atom stereocenters. The van der Waals surface area contributed by atoms with Gasteiger partial charge in [0, 0.05) is 24.7 Å². The first-order chi connectivity index (χ1) is 12.3. The molecule has 4 rings (SSSR count). The molecule has 2 N–H and O–H groups in total. The molecule has 0 heterocycles. The molecule has 138 valence electrons. The van der Waals surface area contributed by atoms with Gasteiger partial charge in [0.05, 0.1) is 5.70 Å². The average Bonchev–Trinajstić information content (AvgIpc) is 2.92. The van der Waals surface area contributed by atoms with Crippen LogP contribution < -0.4 is 5.73 Å². The Morgan fingerprint density at radius 1 is 1.15 bits per heavy atom. The minimum absolute atomic E-state index is 0.0464. The minimum Gasteiger partial charge on any atom is -0.396 e. The lowest BCUT2D eigenvalue weighted by Gasteiger charge is -2.56. The van der Waals surface area contributed by atoms with Crippen LogP contribution >= 0.6 is 0 Å². The molecule has 0 bridgehead atoms. The summed E-state index contributed by atoms with van der Waals surface area (Å²) < 4.78 is 0. The fraction of sp³-hybridized carbons (Fsp3) is 0.652. The zero-order chi connectivity index (χ0) is 18.7. The molecular formula is C23H29NO2. The predicted octanol–water partition coefficient (Wildman–Crippen LogP) is 3.93. The Bertz CT molecular complexity index is 783. The van der Waals surface area contributed by atoms with E-state index in [4.69, 9.17) is 12.2 Å². The van der Waals surface area contributed by atoms with Gasteiger partial charge in [-0.3, -0.25) is 9.59 Å². The number of allylic oxidation sites excluding steroid dienone is 4. The highest BCUT2D eigenvalue weighted by Crippen LogP contribution is 2.65. The van der Waals surface area contributed by atoms with Crippen LogP contribution in [0.5, 0.6) is 0 Å². The van der Waals surface area contributed by atoms with Gasteiger partial charge in [0.2, 0.25) is 0 Å². The van der Waals surface area contributed by atoms with E-state index in [-0.39, 0.29) is 16.6 Å². The third-order valence-corrected chi connectivity index (χ3v) is 8.19. The number of carbonyl (C=O) groups excluding carboxylic acids is 2. The molecule has 0 aromatic carbocycles. The zero-order valence-electron chi connectivity index (χ0n) is 15.9. The van der Waals surface area contributed by atoms with E-state index in [0.29, 0.717) is 48.5 Å². The molecule has 0 spiro atoms. The first-order valence-corrected chi connectivity index (χ1v) is 10.0. The van der Waals surface area contributed by atoms with Crippen LogP contribution in [0, 0.1) is 40.9 Å². The summed E-state index contributed by atoms with van der Waals surface area (Å²) in [5, 5.41) is 0. The van der Waals surface area contributed by atoms with Crippen molar-refractivity contribution in [3.05, 3.63) is 22.9 Å². The SMILES string of the molecule is C#CCCC1=CC2=C(N)C(=O)CC[C@]2(C)[C@H]2CC[C@]3(C)C(=O)CC[C@H]3[C@H]12. The van der Waals surface area contributed by atoms with Crippen molar-refractivity contribution >= 4 is 11.6 Å². The van der Waals surface area contributed by atoms with Crippen LogP contribution in [-0.2, 0) is 9.59 Å². The Morgan fingerprint density at radius 3 is 2.62 bits per heavy atom. The lowest BCUT2D eigenvalue weighted by Crippen LogP contribution is -2.51. The molecule has 26 heavy (non-hydrogen) atoms. The number of rotatable bonds is 2. The van der Waals surface area contributed by atoms with Crippen LogP contribution in [0.15, 0.2) is 22.9 Å². The third kappa shape index (κ3) is 2.20. The topological polar surface area (TPSA) is 60.2 Å². The highest BCUT2D eigenvalue weighted by molar-refractivity contribution is 5.97. The molecule has 0 aromatic heterocycles. The summed E-state index contributed by atoms with van der Waals surface area (Å²) in [4.78, 5) is 24.9. The van der Waals surface area contributed by atoms with Gasteiger partial charge in [-0.05, 0) is 60.8 Å². The summed E-state index contributed by atoms with van der Waals surface area (Å²) in [6.07, 6.45) is 14.4. The van der Waals surface area contributed by atoms with Crippen molar-refractivity contribution in [2.24, 2.45) is 34.3 Å². The molecular weight excluding hydrogens is 322 g/mol. The highest BCUT2D eigenvalue weighted by atomic mass is 16.1. The lowest BCUT2D eigenvalue weighted by atomic mass is 9.47. The standard InChI is InChI=1S/C23H29NO2/c1-4-5-6-14-13-17-21(24)18(25)10-12-22(17,2)16-9-11-23(3)15(20(14)16)7-8-19(23)26/h1,13,15-16,20H,5-12,24H2,2-3H3/t15-,16-,20-,22+,23-/m0/s1. The van der Waals surface area contributed by atoms with E-state index >= 15 is 0 Å². The van der Waals surface area contributed by atoms with E-state index in [2.05, 4.69) is 25.8 Å². The van der Waals surface area contributed by atoms with Crippen molar-refractivity contribution in [2.75, 3.05) is 0 Å². The molecule has 4 aliphatic carbocycles. The van der Waals surface area contributed by atoms with Gasteiger partial charge in [-0.25, -0.2) is 0 Å². The van der Waals surface area contributed by atoms with Crippen molar-refractivity contribution in [1.82, 2.24) is 0 Å². The minimum atomic E-state index is -0.177. The monoisotopic (exact) mass is 351 g/mol. The van der Waals surface area contributed by atoms with E-state index < -0.39 is 0 Å². The first kappa shape index (κ1) is 17.6. The second-order valence-electron chi connectivity index (χ2n) is 9.25. The Hall–Kier alpha value is -1.82. The molecule has 0 amide bonds.